The van der Waals surface area contributed by atoms with Crippen LogP contribution in [-0.4, -0.2) is 45.8 Å². The van der Waals surface area contributed by atoms with E-state index in [9.17, 15) is 0 Å². The normalized spacial score (nSPS) is 11.7. The van der Waals surface area contributed by atoms with Crippen LogP contribution < -0.4 is 10.6 Å². The van der Waals surface area contributed by atoms with Crippen molar-refractivity contribution in [2.24, 2.45) is 4.99 Å². The number of aryl methyl sites for hydroxylation is 2. The molecule has 0 saturated carbocycles. The van der Waals surface area contributed by atoms with Crippen LogP contribution in [0.15, 0.2) is 16.7 Å². The maximum absolute atomic E-state index is 4.57. The smallest absolute Gasteiger partial charge is 0.191 e. The highest BCUT2D eigenvalue weighted by Gasteiger charge is 2.03. The quantitative estimate of drug-likeness (QED) is 0.561. The Kier molecular flexibility index (Phi) is 6.99. The Morgan fingerprint density at radius 3 is 2.78 bits per heavy atom. The average molecular weight is 335 g/mol. The molecule has 0 spiro atoms. The van der Waals surface area contributed by atoms with Gasteiger partial charge in [0.15, 0.2) is 5.96 Å². The van der Waals surface area contributed by atoms with Crippen molar-refractivity contribution in [3.05, 3.63) is 28.2 Å². The Morgan fingerprint density at radius 2 is 2.09 bits per heavy atom. The van der Waals surface area contributed by atoms with Crippen LogP contribution in [0.2, 0.25) is 0 Å². The zero-order valence-corrected chi connectivity index (χ0v) is 14.9. The van der Waals surface area contributed by atoms with Gasteiger partial charge in [-0.25, -0.2) is 4.98 Å². The largest absolute Gasteiger partial charge is 0.356 e. The highest BCUT2D eigenvalue weighted by atomic mass is 32.1. The topological polar surface area (TPSA) is 80.0 Å². The van der Waals surface area contributed by atoms with Gasteiger partial charge in [-0.05, 0) is 6.42 Å². The summed E-state index contributed by atoms with van der Waals surface area (Å²) in [5.74, 6) is 1.81. The number of hydrogen-bond acceptors (Lipinski definition) is 5. The lowest BCUT2D eigenvalue weighted by Crippen LogP contribution is -2.39. The van der Waals surface area contributed by atoms with E-state index in [1.165, 1.54) is 5.01 Å². The molecule has 2 aromatic heterocycles. The molecule has 0 bridgehead atoms. The van der Waals surface area contributed by atoms with Gasteiger partial charge in [-0.1, -0.05) is 13.8 Å². The van der Waals surface area contributed by atoms with Gasteiger partial charge in [-0.3, -0.25) is 4.99 Å². The molecule has 0 atom stereocenters. The molecule has 8 heteroatoms. The van der Waals surface area contributed by atoms with Gasteiger partial charge in [-0.15, -0.1) is 21.5 Å². The Bertz CT molecular complexity index is 617. The molecule has 2 rings (SSSR count). The summed E-state index contributed by atoms with van der Waals surface area (Å²) in [6.45, 7) is 6.63. The fourth-order valence-corrected chi connectivity index (χ4v) is 2.97. The van der Waals surface area contributed by atoms with E-state index in [-0.39, 0.29) is 0 Å². The predicted octanol–water partition coefficient (Wildman–Crippen LogP) is 1.27. The lowest BCUT2D eigenvalue weighted by Gasteiger charge is -2.12. The summed E-state index contributed by atoms with van der Waals surface area (Å²) in [5, 5.41) is 18.0. The van der Waals surface area contributed by atoms with E-state index in [1.807, 2.05) is 0 Å². The summed E-state index contributed by atoms with van der Waals surface area (Å²) in [6, 6.07) is 0. The number of rotatable bonds is 8. The highest BCUT2D eigenvalue weighted by Crippen LogP contribution is 2.10. The van der Waals surface area contributed by atoms with Gasteiger partial charge in [0, 0.05) is 44.9 Å². The van der Waals surface area contributed by atoms with Gasteiger partial charge in [0.05, 0.1) is 10.7 Å². The second-order valence-corrected chi connectivity index (χ2v) is 6.00. The van der Waals surface area contributed by atoms with E-state index in [1.54, 1.807) is 24.7 Å². The van der Waals surface area contributed by atoms with E-state index >= 15 is 0 Å². The molecule has 126 valence electrons. The molecule has 0 saturated heterocycles. The van der Waals surface area contributed by atoms with Crippen LogP contribution in [0.1, 0.15) is 30.4 Å². The van der Waals surface area contributed by atoms with E-state index in [2.05, 4.69) is 54.6 Å². The predicted molar refractivity (Wildman–Crippen MR) is 94.0 cm³/mol. The lowest BCUT2D eigenvalue weighted by molar-refractivity contribution is 0.632. The Hall–Kier alpha value is -1.96. The summed E-state index contributed by atoms with van der Waals surface area (Å²) < 4.78 is 2.06. The minimum Gasteiger partial charge on any atom is -0.356 e. The molecule has 0 aromatic carbocycles. The molecule has 0 radical (unpaired) electrons. The van der Waals surface area contributed by atoms with Crippen LogP contribution in [0.4, 0.5) is 0 Å². The van der Waals surface area contributed by atoms with Crippen molar-refractivity contribution < 1.29 is 0 Å². The number of nitrogens with one attached hydrogen (secondary N) is 2. The third-order valence-electron chi connectivity index (χ3n) is 3.46. The molecule has 0 amide bonds. The third-order valence-corrected chi connectivity index (χ3v) is 4.50. The molecule has 0 fully saturated rings. The summed E-state index contributed by atoms with van der Waals surface area (Å²) in [6.07, 6.45) is 4.57. The first-order chi connectivity index (χ1) is 11.3. The second-order valence-electron chi connectivity index (χ2n) is 5.06. The van der Waals surface area contributed by atoms with E-state index < -0.39 is 0 Å². The van der Waals surface area contributed by atoms with E-state index in [0.717, 1.165) is 56.4 Å². The van der Waals surface area contributed by atoms with Crippen LogP contribution in [0.5, 0.6) is 0 Å². The monoisotopic (exact) mass is 335 g/mol. The van der Waals surface area contributed by atoms with E-state index in [4.69, 9.17) is 0 Å². The Labute approximate surface area is 141 Å². The molecular weight excluding hydrogens is 310 g/mol. The van der Waals surface area contributed by atoms with Crippen LogP contribution in [0.25, 0.3) is 0 Å². The Balaban J connectivity index is 1.69. The molecule has 7 nitrogen and oxygen atoms in total. The van der Waals surface area contributed by atoms with Gasteiger partial charge >= 0.3 is 0 Å². The number of nitrogens with zero attached hydrogens (tertiary/aromatic N) is 5. The first kappa shape index (κ1) is 17.4. The summed E-state index contributed by atoms with van der Waals surface area (Å²) in [7, 11) is 1.78. The van der Waals surface area contributed by atoms with Crippen molar-refractivity contribution in [2.45, 2.75) is 39.7 Å². The van der Waals surface area contributed by atoms with Gasteiger partial charge in [0.1, 0.15) is 12.2 Å². The first-order valence-electron chi connectivity index (χ1n) is 8.01. The number of aromatic nitrogens is 4. The highest BCUT2D eigenvalue weighted by molar-refractivity contribution is 7.09. The van der Waals surface area contributed by atoms with Crippen LogP contribution >= 0.6 is 11.3 Å². The molecule has 0 aliphatic rings. The number of guanidine groups is 1. The fraction of sp³-hybridized carbons (Fsp3) is 0.600. The van der Waals surface area contributed by atoms with Crippen molar-refractivity contribution >= 4 is 17.3 Å². The van der Waals surface area contributed by atoms with Crippen molar-refractivity contribution in [2.75, 3.05) is 20.1 Å². The van der Waals surface area contributed by atoms with Gasteiger partial charge in [-0.2, -0.15) is 0 Å². The van der Waals surface area contributed by atoms with Gasteiger partial charge < -0.3 is 15.2 Å². The number of aliphatic imine (C=N–C) groups is 1. The fourth-order valence-electron chi connectivity index (χ4n) is 2.19. The maximum Gasteiger partial charge on any atom is 0.191 e. The molecule has 0 aliphatic heterocycles. The van der Waals surface area contributed by atoms with Crippen LogP contribution in [0.3, 0.4) is 0 Å². The summed E-state index contributed by atoms with van der Waals surface area (Å²) in [5.41, 5.74) is 1.15. The maximum atomic E-state index is 4.57. The van der Waals surface area contributed by atoms with Gasteiger partial charge in [0.25, 0.3) is 0 Å². The zero-order valence-electron chi connectivity index (χ0n) is 14.0. The molecule has 2 N–H and O–H groups in total. The molecule has 2 heterocycles. The van der Waals surface area contributed by atoms with Crippen LogP contribution in [0, 0.1) is 0 Å². The standard InChI is InChI=1S/C15H25N7S/c1-4-13-21-19-11-22(13)9-8-18-15(16-3)17-7-6-12-10-23-14(5-2)20-12/h10-11H,4-9H2,1-3H3,(H2,16,17,18). The van der Waals surface area contributed by atoms with Crippen molar-refractivity contribution in [1.29, 1.82) is 0 Å². The van der Waals surface area contributed by atoms with Crippen molar-refractivity contribution in [3.8, 4) is 0 Å². The minimum atomic E-state index is 0.779. The summed E-state index contributed by atoms with van der Waals surface area (Å²) >= 11 is 1.73. The number of thiazole rings is 1. The second kappa shape index (κ2) is 9.24. The van der Waals surface area contributed by atoms with Crippen molar-refractivity contribution in [1.82, 2.24) is 30.4 Å². The molecule has 0 unspecified atom stereocenters. The average Bonchev–Trinajstić information content (AvgIpc) is 3.22. The molecule has 23 heavy (non-hydrogen) atoms. The first-order valence-corrected chi connectivity index (χ1v) is 8.89. The van der Waals surface area contributed by atoms with E-state index in [0.29, 0.717) is 0 Å². The lowest BCUT2D eigenvalue weighted by atomic mass is 10.3. The third kappa shape index (κ3) is 5.31. The number of hydrogen-bond donors (Lipinski definition) is 2. The molecular formula is C15H25N7S. The molecule has 0 aliphatic carbocycles. The van der Waals surface area contributed by atoms with Crippen LogP contribution in [-0.2, 0) is 25.8 Å². The minimum absolute atomic E-state index is 0.779. The van der Waals surface area contributed by atoms with Crippen molar-refractivity contribution in [3.63, 3.8) is 0 Å². The Morgan fingerprint density at radius 1 is 1.26 bits per heavy atom. The SMILES string of the molecule is CCc1nc(CCNC(=NC)NCCn2cnnc2CC)cs1. The molecule has 2 aromatic rings. The summed E-state index contributed by atoms with van der Waals surface area (Å²) in [4.78, 5) is 8.81. The zero-order chi connectivity index (χ0) is 16.5. The van der Waals surface area contributed by atoms with Gasteiger partial charge in [0.2, 0.25) is 0 Å².